The van der Waals surface area contributed by atoms with Gasteiger partial charge in [-0.3, -0.25) is 0 Å². The Bertz CT molecular complexity index is 578. The highest BCUT2D eigenvalue weighted by Crippen LogP contribution is 2.21. The summed E-state index contributed by atoms with van der Waals surface area (Å²) in [5, 5.41) is 2.88. The highest BCUT2D eigenvalue weighted by Gasteiger charge is 2.23. The van der Waals surface area contributed by atoms with Crippen molar-refractivity contribution in [2.24, 2.45) is 0 Å². The molecule has 0 spiro atoms. The summed E-state index contributed by atoms with van der Waals surface area (Å²) in [7, 11) is -3.97. The predicted molar refractivity (Wildman–Crippen MR) is 81.9 cm³/mol. The average Bonchev–Trinajstić information content (AvgIpc) is 2.37. The van der Waals surface area contributed by atoms with E-state index >= 15 is 0 Å². The minimum Gasteiger partial charge on any atom is -0.310 e. The van der Waals surface area contributed by atoms with Gasteiger partial charge in [-0.2, -0.15) is 11.8 Å². The van der Waals surface area contributed by atoms with Crippen molar-refractivity contribution in [2.75, 3.05) is 18.6 Å². The summed E-state index contributed by atoms with van der Waals surface area (Å²) in [6.07, 6.45) is 1.84. The third kappa shape index (κ3) is 5.21. The van der Waals surface area contributed by atoms with Crippen LogP contribution in [0, 0.1) is 11.6 Å². The molecular weight excluding hydrogens is 318 g/mol. The van der Waals surface area contributed by atoms with Gasteiger partial charge in [0.1, 0.15) is 10.7 Å². The fourth-order valence-corrected chi connectivity index (χ4v) is 3.18. The molecule has 1 aromatic rings. The van der Waals surface area contributed by atoms with Gasteiger partial charge < -0.3 is 5.32 Å². The van der Waals surface area contributed by atoms with E-state index in [4.69, 9.17) is 0 Å². The van der Waals surface area contributed by atoms with Crippen molar-refractivity contribution in [1.29, 1.82) is 0 Å². The van der Waals surface area contributed by atoms with E-state index in [0.29, 0.717) is 5.75 Å². The van der Waals surface area contributed by atoms with Gasteiger partial charge in [0.25, 0.3) is 0 Å². The standard InChI is InChI=1S/C13H20F2N2O2S2/c1-9(2)16-8-10-11(14)4-5-12(13(10)15)21(18,19)17-6-7-20-3/h4-5,9,16-17H,6-8H2,1-3H3. The highest BCUT2D eigenvalue weighted by atomic mass is 32.2. The molecule has 0 bridgehead atoms. The molecule has 8 heteroatoms. The first-order valence-electron chi connectivity index (χ1n) is 6.48. The summed E-state index contributed by atoms with van der Waals surface area (Å²) in [6, 6.07) is 1.96. The van der Waals surface area contributed by atoms with E-state index in [1.54, 1.807) is 0 Å². The summed E-state index contributed by atoms with van der Waals surface area (Å²) < 4.78 is 54.3. The molecule has 0 heterocycles. The number of benzene rings is 1. The van der Waals surface area contributed by atoms with Gasteiger partial charge in [-0.15, -0.1) is 0 Å². The van der Waals surface area contributed by atoms with E-state index in [2.05, 4.69) is 10.0 Å². The molecule has 2 N–H and O–H groups in total. The van der Waals surface area contributed by atoms with Crippen LogP contribution in [0.5, 0.6) is 0 Å². The summed E-state index contributed by atoms with van der Waals surface area (Å²) in [6.45, 7) is 3.80. The predicted octanol–water partition coefficient (Wildman–Crippen LogP) is 2.10. The van der Waals surface area contributed by atoms with Crippen LogP contribution in [0.4, 0.5) is 8.78 Å². The number of hydrogen-bond acceptors (Lipinski definition) is 4. The monoisotopic (exact) mass is 338 g/mol. The third-order valence-corrected chi connectivity index (χ3v) is 4.82. The molecule has 0 saturated carbocycles. The van der Waals surface area contributed by atoms with Crippen molar-refractivity contribution in [1.82, 2.24) is 10.0 Å². The average molecular weight is 338 g/mol. The maximum absolute atomic E-state index is 14.3. The van der Waals surface area contributed by atoms with E-state index in [9.17, 15) is 17.2 Å². The smallest absolute Gasteiger partial charge is 0.243 e. The molecular formula is C13H20F2N2O2S2. The lowest BCUT2D eigenvalue weighted by atomic mass is 10.2. The fourth-order valence-electron chi connectivity index (χ4n) is 1.61. The molecule has 0 aliphatic heterocycles. The Hall–Kier alpha value is -0.700. The molecule has 120 valence electrons. The lowest BCUT2D eigenvalue weighted by Crippen LogP contribution is -2.28. The topological polar surface area (TPSA) is 58.2 Å². The molecule has 0 saturated heterocycles. The van der Waals surface area contributed by atoms with Crippen LogP contribution in [-0.4, -0.2) is 33.0 Å². The summed E-state index contributed by atoms with van der Waals surface area (Å²) in [5.74, 6) is -1.23. The van der Waals surface area contributed by atoms with E-state index < -0.39 is 26.6 Å². The molecule has 21 heavy (non-hydrogen) atoms. The Balaban J connectivity index is 3.06. The van der Waals surface area contributed by atoms with E-state index in [-0.39, 0.29) is 24.7 Å². The number of halogens is 2. The molecule has 1 aromatic carbocycles. The normalized spacial score (nSPS) is 12.1. The number of hydrogen-bond donors (Lipinski definition) is 2. The Labute approximate surface area is 128 Å². The molecule has 0 aliphatic carbocycles. The zero-order chi connectivity index (χ0) is 16.0. The summed E-state index contributed by atoms with van der Waals surface area (Å²) in [5.41, 5.74) is -0.267. The zero-order valence-corrected chi connectivity index (χ0v) is 13.9. The molecule has 0 aromatic heterocycles. The minimum atomic E-state index is -3.97. The molecule has 4 nitrogen and oxygen atoms in total. The Kier molecular flexibility index (Phi) is 7.05. The molecule has 0 radical (unpaired) electrons. The van der Waals surface area contributed by atoms with Gasteiger partial charge in [0.15, 0.2) is 5.82 Å². The summed E-state index contributed by atoms with van der Waals surface area (Å²) >= 11 is 1.47. The maximum Gasteiger partial charge on any atom is 0.243 e. The van der Waals surface area contributed by atoms with Crippen molar-refractivity contribution in [3.63, 3.8) is 0 Å². The van der Waals surface area contributed by atoms with Gasteiger partial charge in [-0.25, -0.2) is 21.9 Å². The van der Waals surface area contributed by atoms with Crippen LogP contribution < -0.4 is 10.0 Å². The first kappa shape index (κ1) is 18.3. The molecule has 0 unspecified atom stereocenters. The van der Waals surface area contributed by atoms with Crippen molar-refractivity contribution in [3.8, 4) is 0 Å². The van der Waals surface area contributed by atoms with Crippen LogP contribution in [-0.2, 0) is 16.6 Å². The van der Waals surface area contributed by atoms with Crippen LogP contribution in [0.1, 0.15) is 19.4 Å². The van der Waals surface area contributed by atoms with E-state index in [1.807, 2.05) is 20.1 Å². The zero-order valence-electron chi connectivity index (χ0n) is 12.2. The Morgan fingerprint density at radius 2 is 1.95 bits per heavy atom. The van der Waals surface area contributed by atoms with Crippen molar-refractivity contribution in [2.45, 2.75) is 31.3 Å². The van der Waals surface area contributed by atoms with Gasteiger partial charge in [-0.05, 0) is 18.4 Å². The van der Waals surface area contributed by atoms with Crippen LogP contribution >= 0.6 is 11.8 Å². The summed E-state index contributed by atoms with van der Waals surface area (Å²) in [4.78, 5) is -0.523. The number of thioether (sulfide) groups is 1. The van der Waals surface area contributed by atoms with Gasteiger partial charge >= 0.3 is 0 Å². The number of sulfonamides is 1. The van der Waals surface area contributed by atoms with Crippen molar-refractivity contribution < 1.29 is 17.2 Å². The van der Waals surface area contributed by atoms with Gasteiger partial charge in [-0.1, -0.05) is 13.8 Å². The second-order valence-electron chi connectivity index (χ2n) is 4.76. The van der Waals surface area contributed by atoms with Gasteiger partial charge in [0, 0.05) is 30.4 Å². The fraction of sp³-hybridized carbons (Fsp3) is 0.538. The third-order valence-electron chi connectivity index (χ3n) is 2.73. The molecule has 0 amide bonds. The first-order chi connectivity index (χ1) is 9.79. The van der Waals surface area contributed by atoms with E-state index in [1.165, 1.54) is 11.8 Å². The van der Waals surface area contributed by atoms with Crippen LogP contribution in [0.25, 0.3) is 0 Å². The number of nitrogens with one attached hydrogen (secondary N) is 2. The molecule has 0 aliphatic rings. The highest BCUT2D eigenvalue weighted by molar-refractivity contribution is 7.98. The van der Waals surface area contributed by atoms with Crippen molar-refractivity contribution in [3.05, 3.63) is 29.3 Å². The van der Waals surface area contributed by atoms with Crippen molar-refractivity contribution >= 4 is 21.8 Å². The largest absolute Gasteiger partial charge is 0.310 e. The van der Waals surface area contributed by atoms with Crippen LogP contribution in [0.2, 0.25) is 0 Å². The lowest BCUT2D eigenvalue weighted by Gasteiger charge is -2.13. The van der Waals surface area contributed by atoms with Gasteiger partial charge in [0.05, 0.1) is 0 Å². The second-order valence-corrected chi connectivity index (χ2v) is 7.49. The molecule has 1 rings (SSSR count). The van der Waals surface area contributed by atoms with Crippen LogP contribution in [0.3, 0.4) is 0 Å². The molecule has 0 atom stereocenters. The number of rotatable bonds is 8. The maximum atomic E-state index is 14.3. The molecule has 0 fully saturated rings. The Morgan fingerprint density at radius 3 is 2.52 bits per heavy atom. The lowest BCUT2D eigenvalue weighted by molar-refractivity contribution is 0.497. The quantitative estimate of drug-likeness (QED) is 0.713. The Morgan fingerprint density at radius 1 is 1.29 bits per heavy atom. The SMILES string of the molecule is CSCCNS(=O)(=O)c1ccc(F)c(CNC(C)C)c1F. The van der Waals surface area contributed by atoms with Crippen LogP contribution in [0.15, 0.2) is 17.0 Å². The second kappa shape index (κ2) is 8.07. The first-order valence-corrected chi connectivity index (χ1v) is 9.36. The van der Waals surface area contributed by atoms with Gasteiger partial charge in [0.2, 0.25) is 10.0 Å². The van der Waals surface area contributed by atoms with E-state index in [0.717, 1.165) is 12.1 Å². The minimum absolute atomic E-state index is 0.0313.